The first kappa shape index (κ1) is 18.9. The molecule has 2 aliphatic heterocycles. The average Bonchev–Trinajstić information content (AvgIpc) is 3.34. The van der Waals surface area contributed by atoms with Gasteiger partial charge in [0.1, 0.15) is 0 Å². The zero-order chi connectivity index (χ0) is 19.1. The summed E-state index contributed by atoms with van der Waals surface area (Å²) in [4.78, 5) is 14.1. The van der Waals surface area contributed by atoms with Gasteiger partial charge in [-0.1, -0.05) is 18.9 Å². The number of amides is 1. The first-order chi connectivity index (χ1) is 12.9. The largest absolute Gasteiger partial charge is 0.408 e. The molecule has 0 radical (unpaired) electrons. The summed E-state index contributed by atoms with van der Waals surface area (Å²) in [5, 5.41) is 8.38. The van der Waals surface area contributed by atoms with Gasteiger partial charge in [0.25, 0.3) is 5.91 Å². The molecule has 1 aromatic rings. The quantitative estimate of drug-likeness (QED) is 0.770. The van der Waals surface area contributed by atoms with Gasteiger partial charge in [-0.3, -0.25) is 4.79 Å². The van der Waals surface area contributed by atoms with E-state index < -0.39 is 9.73 Å². The number of anilines is 1. The summed E-state index contributed by atoms with van der Waals surface area (Å²) in [6.07, 6.45) is 3.87. The molecule has 1 amide bonds. The summed E-state index contributed by atoms with van der Waals surface area (Å²) >= 11 is 0. The molecule has 3 heterocycles. The molecule has 3 aliphatic rings. The molecular weight excluding hydrogens is 368 g/mol. The van der Waals surface area contributed by atoms with Gasteiger partial charge in [0.2, 0.25) is 5.89 Å². The number of nitrogens with zero attached hydrogens (tertiary/aromatic N) is 4. The molecule has 27 heavy (non-hydrogen) atoms. The maximum absolute atomic E-state index is 13.0. The fourth-order valence-electron chi connectivity index (χ4n) is 3.74. The van der Waals surface area contributed by atoms with E-state index in [4.69, 9.17) is 9.15 Å². The first-order valence-electron chi connectivity index (χ1n) is 9.84. The highest BCUT2D eigenvalue weighted by Gasteiger charge is 2.43. The number of ether oxygens (including phenoxy) is 1. The number of hydrogen-bond acceptors (Lipinski definition) is 7. The summed E-state index contributed by atoms with van der Waals surface area (Å²) < 4.78 is 29.0. The molecule has 1 aliphatic carbocycles. The monoisotopic (exact) mass is 396 g/mol. The molecule has 4 rings (SSSR count). The zero-order valence-electron chi connectivity index (χ0n) is 16.1. The topological polar surface area (TPSA) is 97.9 Å². The molecule has 1 saturated carbocycles. The van der Waals surface area contributed by atoms with E-state index in [1.54, 1.807) is 0 Å². The molecule has 9 heteroatoms. The van der Waals surface area contributed by atoms with Crippen molar-refractivity contribution in [2.45, 2.75) is 57.5 Å². The Kier molecular flexibility index (Phi) is 5.00. The number of morpholine rings is 1. The van der Waals surface area contributed by atoms with Gasteiger partial charge < -0.3 is 14.1 Å². The lowest BCUT2D eigenvalue weighted by Crippen LogP contribution is -2.55. The van der Waals surface area contributed by atoms with E-state index in [1.807, 2.05) is 13.8 Å². The van der Waals surface area contributed by atoms with Crippen LogP contribution in [0, 0.1) is 5.92 Å². The molecule has 150 valence electrons. The van der Waals surface area contributed by atoms with Crippen molar-refractivity contribution < 1.29 is 18.2 Å². The van der Waals surface area contributed by atoms with Gasteiger partial charge in [0, 0.05) is 30.4 Å². The summed E-state index contributed by atoms with van der Waals surface area (Å²) in [7, 11) is -2.47. The van der Waals surface area contributed by atoms with Gasteiger partial charge in [-0.2, -0.15) is 4.36 Å². The normalized spacial score (nSPS) is 31.4. The number of aromatic nitrogens is 2. The lowest BCUT2D eigenvalue weighted by Gasteiger charge is -2.44. The van der Waals surface area contributed by atoms with Crippen LogP contribution in [-0.4, -0.2) is 57.1 Å². The Morgan fingerprint density at radius 1 is 1.33 bits per heavy atom. The lowest BCUT2D eigenvalue weighted by molar-refractivity contribution is -0.118. The molecule has 0 aromatic carbocycles. The third-order valence-electron chi connectivity index (χ3n) is 5.48. The van der Waals surface area contributed by atoms with Gasteiger partial charge in [-0.05, 0) is 31.6 Å². The van der Waals surface area contributed by atoms with Crippen LogP contribution in [0.15, 0.2) is 8.78 Å². The van der Waals surface area contributed by atoms with Gasteiger partial charge in [-0.15, -0.1) is 5.10 Å². The fourth-order valence-corrected chi connectivity index (χ4v) is 5.96. The van der Waals surface area contributed by atoms with E-state index in [0.29, 0.717) is 62.4 Å². The smallest absolute Gasteiger partial charge is 0.318 e. The minimum absolute atomic E-state index is 0.226. The van der Waals surface area contributed by atoms with E-state index in [0.717, 1.165) is 18.7 Å². The second-order valence-corrected chi connectivity index (χ2v) is 11.0. The van der Waals surface area contributed by atoms with Gasteiger partial charge in [-0.25, -0.2) is 4.21 Å². The number of carbonyl (C=O) groups is 1. The predicted octanol–water partition coefficient (Wildman–Crippen LogP) is 2.36. The van der Waals surface area contributed by atoms with Gasteiger partial charge in [0.15, 0.2) is 0 Å². The molecule has 8 nitrogen and oxygen atoms in total. The van der Waals surface area contributed by atoms with Crippen LogP contribution in [-0.2, 0) is 19.3 Å². The number of rotatable bonds is 4. The van der Waals surface area contributed by atoms with Crippen molar-refractivity contribution >= 4 is 21.7 Å². The van der Waals surface area contributed by atoms with Crippen LogP contribution in [0.2, 0.25) is 0 Å². The highest BCUT2D eigenvalue weighted by molar-refractivity contribution is 7.93. The van der Waals surface area contributed by atoms with Gasteiger partial charge in [0.05, 0.1) is 28.5 Å². The van der Waals surface area contributed by atoms with E-state index in [1.165, 1.54) is 0 Å². The minimum Gasteiger partial charge on any atom is -0.408 e. The third kappa shape index (κ3) is 4.34. The Morgan fingerprint density at radius 2 is 2.07 bits per heavy atom. The molecule has 0 bridgehead atoms. The van der Waals surface area contributed by atoms with Crippen LogP contribution in [0.1, 0.15) is 57.8 Å². The summed E-state index contributed by atoms with van der Waals surface area (Å²) in [6, 6.07) is 0.558. The van der Waals surface area contributed by atoms with E-state index in [2.05, 4.69) is 19.5 Å². The number of carbonyl (C=O) groups excluding carboxylic acids is 1. The van der Waals surface area contributed by atoms with Crippen molar-refractivity contribution in [3.63, 3.8) is 0 Å². The summed E-state index contributed by atoms with van der Waals surface area (Å²) in [5.41, 5.74) is -0.371. The third-order valence-corrected chi connectivity index (χ3v) is 7.70. The Bertz CT molecular complexity index is 809. The maximum atomic E-state index is 13.0. The summed E-state index contributed by atoms with van der Waals surface area (Å²) in [5.74, 6) is 1.97. The van der Waals surface area contributed by atoms with Crippen molar-refractivity contribution in [1.82, 2.24) is 10.2 Å². The van der Waals surface area contributed by atoms with E-state index in [-0.39, 0.29) is 17.4 Å². The van der Waals surface area contributed by atoms with Crippen LogP contribution in [0.25, 0.3) is 0 Å². The van der Waals surface area contributed by atoms with Crippen LogP contribution in [0.5, 0.6) is 0 Å². The SMILES string of the molecule is CC(C)CC(=O)N=S1(=O)CCC2(CC1)CN(c1nnc(C3CC3)o1)CCO2. The predicted molar refractivity (Wildman–Crippen MR) is 101 cm³/mol. The van der Waals surface area contributed by atoms with E-state index >= 15 is 0 Å². The molecule has 2 saturated heterocycles. The van der Waals surface area contributed by atoms with Crippen LogP contribution in [0.4, 0.5) is 6.01 Å². The van der Waals surface area contributed by atoms with Crippen LogP contribution in [0.3, 0.4) is 0 Å². The minimum atomic E-state index is -2.47. The Morgan fingerprint density at radius 3 is 2.74 bits per heavy atom. The molecule has 0 unspecified atom stereocenters. The van der Waals surface area contributed by atoms with Crippen molar-refractivity contribution in [2.24, 2.45) is 10.3 Å². The molecule has 3 fully saturated rings. The molecular formula is C18H28N4O4S. The maximum Gasteiger partial charge on any atom is 0.318 e. The average molecular weight is 397 g/mol. The highest BCUT2D eigenvalue weighted by Crippen LogP contribution is 2.40. The fraction of sp³-hybridized carbons (Fsp3) is 0.833. The van der Waals surface area contributed by atoms with Crippen molar-refractivity contribution in [1.29, 1.82) is 0 Å². The first-order valence-corrected chi connectivity index (χ1v) is 11.7. The summed E-state index contributed by atoms with van der Waals surface area (Å²) in [6.45, 7) is 5.86. The van der Waals surface area contributed by atoms with Crippen molar-refractivity contribution in [2.75, 3.05) is 36.1 Å². The van der Waals surface area contributed by atoms with E-state index in [9.17, 15) is 9.00 Å². The Hall–Kier alpha value is -1.48. The number of hydrogen-bond donors (Lipinski definition) is 0. The highest BCUT2D eigenvalue weighted by atomic mass is 32.2. The second-order valence-electron chi connectivity index (χ2n) is 8.41. The van der Waals surface area contributed by atoms with Gasteiger partial charge >= 0.3 is 6.01 Å². The zero-order valence-corrected chi connectivity index (χ0v) is 16.9. The van der Waals surface area contributed by atoms with Crippen LogP contribution >= 0.6 is 0 Å². The second kappa shape index (κ2) is 7.16. The lowest BCUT2D eigenvalue weighted by atomic mass is 9.94. The Labute approximate surface area is 160 Å². The van der Waals surface area contributed by atoms with Crippen molar-refractivity contribution in [3.8, 4) is 0 Å². The molecule has 0 N–H and O–H groups in total. The molecule has 1 aromatic heterocycles. The standard InChI is InChI=1S/C18H28N4O4S/c1-13(2)11-15(23)21-27(24)9-5-18(6-10-27)12-22(7-8-25-18)17-20-19-16(26-17)14-3-4-14/h13-14H,3-12H2,1-2H3. The van der Waals surface area contributed by atoms with Crippen molar-refractivity contribution in [3.05, 3.63) is 5.89 Å². The van der Waals surface area contributed by atoms with Crippen LogP contribution < -0.4 is 4.90 Å². The Balaban J connectivity index is 1.41. The molecule has 0 atom stereocenters. The molecule has 1 spiro atoms.